The van der Waals surface area contributed by atoms with Gasteiger partial charge in [0.15, 0.2) is 0 Å². The lowest BCUT2D eigenvalue weighted by Crippen LogP contribution is -2.40. The molecule has 0 spiro atoms. The largest absolute Gasteiger partial charge is 0.497 e. The summed E-state index contributed by atoms with van der Waals surface area (Å²) in [6.45, 7) is 2.17. The molecule has 116 valence electrons. The summed E-state index contributed by atoms with van der Waals surface area (Å²) < 4.78 is 10.5. The standard InChI is InChI=1S/C16H24N2O3/c1-20-14-8-7-13(15(11-14)21-2)12-17-16(19)18-9-5-3-4-6-10-18/h7-8,11H,3-6,9-10,12H2,1-2H3,(H,17,19). The van der Waals surface area contributed by atoms with Crippen molar-refractivity contribution in [3.63, 3.8) is 0 Å². The van der Waals surface area contributed by atoms with Crippen LogP contribution in [0.1, 0.15) is 31.2 Å². The number of nitrogens with one attached hydrogen (secondary N) is 1. The predicted molar refractivity (Wildman–Crippen MR) is 81.8 cm³/mol. The molecule has 1 saturated heterocycles. The molecule has 1 aliphatic heterocycles. The lowest BCUT2D eigenvalue weighted by molar-refractivity contribution is 0.199. The van der Waals surface area contributed by atoms with Gasteiger partial charge >= 0.3 is 6.03 Å². The summed E-state index contributed by atoms with van der Waals surface area (Å²) in [6.07, 6.45) is 4.63. The van der Waals surface area contributed by atoms with Crippen molar-refractivity contribution in [1.29, 1.82) is 0 Å². The molecule has 1 N–H and O–H groups in total. The Bertz CT molecular complexity index is 469. The van der Waals surface area contributed by atoms with E-state index in [0.717, 1.165) is 43.0 Å². The van der Waals surface area contributed by atoms with Crippen molar-refractivity contribution in [2.75, 3.05) is 27.3 Å². The highest BCUT2D eigenvalue weighted by Gasteiger charge is 2.15. The molecule has 0 atom stereocenters. The number of benzene rings is 1. The first-order valence-corrected chi connectivity index (χ1v) is 7.48. The number of ether oxygens (including phenoxy) is 2. The monoisotopic (exact) mass is 292 g/mol. The van der Waals surface area contributed by atoms with Gasteiger partial charge in [-0.05, 0) is 25.0 Å². The average molecular weight is 292 g/mol. The second-order valence-corrected chi connectivity index (χ2v) is 5.24. The summed E-state index contributed by atoms with van der Waals surface area (Å²) in [5, 5.41) is 2.97. The van der Waals surface area contributed by atoms with E-state index in [1.165, 1.54) is 12.8 Å². The van der Waals surface area contributed by atoms with Crippen molar-refractivity contribution in [1.82, 2.24) is 10.2 Å². The number of methoxy groups -OCH3 is 2. The van der Waals surface area contributed by atoms with Crippen LogP contribution in [0.15, 0.2) is 18.2 Å². The average Bonchev–Trinajstić information content (AvgIpc) is 2.81. The van der Waals surface area contributed by atoms with Crippen LogP contribution < -0.4 is 14.8 Å². The van der Waals surface area contributed by atoms with Gasteiger partial charge < -0.3 is 19.7 Å². The second kappa shape index (κ2) is 7.76. The summed E-state index contributed by atoms with van der Waals surface area (Å²) in [4.78, 5) is 14.1. The normalized spacial score (nSPS) is 15.2. The maximum Gasteiger partial charge on any atom is 0.317 e. The van der Waals surface area contributed by atoms with Crippen molar-refractivity contribution in [2.24, 2.45) is 0 Å². The van der Waals surface area contributed by atoms with E-state index in [-0.39, 0.29) is 6.03 Å². The van der Waals surface area contributed by atoms with E-state index in [4.69, 9.17) is 9.47 Å². The van der Waals surface area contributed by atoms with E-state index in [0.29, 0.717) is 6.54 Å². The lowest BCUT2D eigenvalue weighted by atomic mass is 10.2. The van der Waals surface area contributed by atoms with Crippen LogP contribution >= 0.6 is 0 Å². The zero-order valence-electron chi connectivity index (χ0n) is 12.9. The van der Waals surface area contributed by atoms with E-state index in [1.54, 1.807) is 14.2 Å². The quantitative estimate of drug-likeness (QED) is 0.928. The topological polar surface area (TPSA) is 50.8 Å². The summed E-state index contributed by atoms with van der Waals surface area (Å²) in [7, 11) is 3.24. The van der Waals surface area contributed by atoms with Crippen LogP contribution in [0.3, 0.4) is 0 Å². The smallest absolute Gasteiger partial charge is 0.317 e. The first-order chi connectivity index (χ1) is 10.2. The van der Waals surface area contributed by atoms with Gasteiger partial charge in [-0.15, -0.1) is 0 Å². The van der Waals surface area contributed by atoms with Crippen molar-refractivity contribution in [2.45, 2.75) is 32.2 Å². The number of carbonyl (C=O) groups excluding carboxylic acids is 1. The summed E-state index contributed by atoms with van der Waals surface area (Å²) in [5.74, 6) is 1.47. The highest BCUT2D eigenvalue weighted by molar-refractivity contribution is 5.74. The van der Waals surface area contributed by atoms with Crippen LogP contribution in [0.25, 0.3) is 0 Å². The lowest BCUT2D eigenvalue weighted by Gasteiger charge is -2.21. The molecule has 1 aromatic carbocycles. The molecule has 1 heterocycles. The number of likely N-dealkylation sites (tertiary alicyclic amines) is 1. The summed E-state index contributed by atoms with van der Waals surface area (Å²) >= 11 is 0. The molecule has 5 nitrogen and oxygen atoms in total. The molecule has 0 aromatic heterocycles. The first kappa shape index (κ1) is 15.5. The minimum atomic E-state index is 0.00905. The molecule has 0 bridgehead atoms. The maximum atomic E-state index is 12.2. The molecule has 2 amide bonds. The van der Waals surface area contributed by atoms with Crippen molar-refractivity contribution < 1.29 is 14.3 Å². The van der Waals surface area contributed by atoms with Gasteiger partial charge in [0, 0.05) is 31.3 Å². The Hall–Kier alpha value is -1.91. The Morgan fingerprint density at radius 3 is 2.48 bits per heavy atom. The molecule has 0 unspecified atom stereocenters. The fraction of sp³-hybridized carbons (Fsp3) is 0.562. The molecule has 1 aliphatic rings. The van der Waals surface area contributed by atoms with Crippen molar-refractivity contribution >= 4 is 6.03 Å². The van der Waals surface area contributed by atoms with Crippen LogP contribution in [0.4, 0.5) is 4.79 Å². The molecule has 2 rings (SSSR count). The Labute approximate surface area is 126 Å². The number of amides is 2. The molecule has 0 radical (unpaired) electrons. The molecule has 5 heteroatoms. The highest BCUT2D eigenvalue weighted by Crippen LogP contribution is 2.24. The fourth-order valence-corrected chi connectivity index (χ4v) is 2.55. The molecule has 1 fully saturated rings. The van der Waals surface area contributed by atoms with Crippen LogP contribution in [0.5, 0.6) is 11.5 Å². The van der Waals surface area contributed by atoms with E-state index >= 15 is 0 Å². The van der Waals surface area contributed by atoms with E-state index in [9.17, 15) is 4.79 Å². The van der Waals surface area contributed by atoms with E-state index in [1.807, 2.05) is 23.1 Å². The van der Waals surface area contributed by atoms with Crippen LogP contribution in [0, 0.1) is 0 Å². The van der Waals surface area contributed by atoms with Crippen molar-refractivity contribution in [3.05, 3.63) is 23.8 Å². The predicted octanol–water partition coefficient (Wildman–Crippen LogP) is 2.79. The molecule has 21 heavy (non-hydrogen) atoms. The van der Waals surface area contributed by atoms with Gasteiger partial charge in [-0.2, -0.15) is 0 Å². The molecule has 0 aliphatic carbocycles. The Kier molecular flexibility index (Phi) is 5.72. The molecule has 1 aromatic rings. The van der Waals surface area contributed by atoms with Crippen molar-refractivity contribution in [3.8, 4) is 11.5 Å². The van der Waals surface area contributed by atoms with Crippen LogP contribution in [-0.4, -0.2) is 38.2 Å². The summed E-state index contributed by atoms with van der Waals surface area (Å²) in [6, 6.07) is 5.62. The number of hydrogen-bond donors (Lipinski definition) is 1. The number of urea groups is 1. The van der Waals surface area contributed by atoms with Gasteiger partial charge in [-0.1, -0.05) is 12.8 Å². The van der Waals surface area contributed by atoms with Gasteiger partial charge in [0.05, 0.1) is 14.2 Å². The Balaban J connectivity index is 1.94. The van der Waals surface area contributed by atoms with E-state index < -0.39 is 0 Å². The molecule has 0 saturated carbocycles. The Morgan fingerprint density at radius 1 is 1.14 bits per heavy atom. The third-order valence-corrected chi connectivity index (χ3v) is 3.82. The van der Waals surface area contributed by atoms with Gasteiger partial charge in [0.2, 0.25) is 0 Å². The maximum absolute atomic E-state index is 12.2. The zero-order chi connectivity index (χ0) is 15.1. The minimum absolute atomic E-state index is 0.00905. The van der Waals surface area contributed by atoms with Crippen LogP contribution in [0.2, 0.25) is 0 Å². The van der Waals surface area contributed by atoms with E-state index in [2.05, 4.69) is 5.32 Å². The van der Waals surface area contributed by atoms with Gasteiger partial charge in [0.25, 0.3) is 0 Å². The number of carbonyl (C=O) groups is 1. The third kappa shape index (κ3) is 4.28. The van der Waals surface area contributed by atoms with Crippen LogP contribution in [-0.2, 0) is 6.54 Å². The second-order valence-electron chi connectivity index (χ2n) is 5.24. The summed E-state index contributed by atoms with van der Waals surface area (Å²) in [5.41, 5.74) is 0.946. The van der Waals surface area contributed by atoms with Gasteiger partial charge in [0.1, 0.15) is 11.5 Å². The molecular weight excluding hydrogens is 268 g/mol. The minimum Gasteiger partial charge on any atom is -0.497 e. The number of nitrogens with zero attached hydrogens (tertiary/aromatic N) is 1. The Morgan fingerprint density at radius 2 is 1.86 bits per heavy atom. The number of hydrogen-bond acceptors (Lipinski definition) is 3. The number of rotatable bonds is 4. The SMILES string of the molecule is COc1ccc(CNC(=O)N2CCCCCC2)c(OC)c1. The van der Waals surface area contributed by atoms with Gasteiger partial charge in [-0.3, -0.25) is 0 Å². The zero-order valence-corrected chi connectivity index (χ0v) is 12.9. The van der Waals surface area contributed by atoms with Gasteiger partial charge in [-0.25, -0.2) is 4.79 Å². The third-order valence-electron chi connectivity index (χ3n) is 3.82. The highest BCUT2D eigenvalue weighted by atomic mass is 16.5. The first-order valence-electron chi connectivity index (χ1n) is 7.48. The molecular formula is C16H24N2O3. The fourth-order valence-electron chi connectivity index (χ4n) is 2.55.